The van der Waals surface area contributed by atoms with E-state index in [-0.39, 0.29) is 17.1 Å². The van der Waals surface area contributed by atoms with Crippen LogP contribution in [0.3, 0.4) is 0 Å². The molecule has 0 aliphatic heterocycles. The van der Waals surface area contributed by atoms with Crippen molar-refractivity contribution < 1.29 is 4.79 Å². The highest BCUT2D eigenvalue weighted by atomic mass is 16.2. The predicted molar refractivity (Wildman–Crippen MR) is 69.4 cm³/mol. The number of rotatable bonds is 4. The van der Waals surface area contributed by atoms with Crippen LogP contribution in [0.25, 0.3) is 0 Å². The number of hydrogen-bond acceptors (Lipinski definition) is 3. The van der Waals surface area contributed by atoms with Crippen molar-refractivity contribution in [3.63, 3.8) is 0 Å². The highest BCUT2D eigenvalue weighted by molar-refractivity contribution is 5.90. The lowest BCUT2D eigenvalue weighted by Gasteiger charge is -2.13. The Kier molecular flexibility index (Phi) is 3.17. The van der Waals surface area contributed by atoms with E-state index in [4.69, 9.17) is 0 Å². The zero-order chi connectivity index (χ0) is 13.4. The van der Waals surface area contributed by atoms with E-state index >= 15 is 0 Å². The highest BCUT2D eigenvalue weighted by Crippen LogP contribution is 2.47. The second-order valence-corrected chi connectivity index (χ2v) is 6.29. The van der Waals surface area contributed by atoms with E-state index in [2.05, 4.69) is 27.4 Å². The lowest BCUT2D eigenvalue weighted by Crippen LogP contribution is -2.30. The Balaban J connectivity index is 1.95. The number of nitrogens with zero attached hydrogens (tertiary/aromatic N) is 2. The van der Waals surface area contributed by atoms with Crippen LogP contribution in [0, 0.1) is 5.41 Å². The van der Waals surface area contributed by atoms with E-state index in [0.29, 0.717) is 5.41 Å². The summed E-state index contributed by atoms with van der Waals surface area (Å²) in [6, 6.07) is 0. The number of nitrogens with one attached hydrogen (secondary N) is 2. The first-order valence-corrected chi connectivity index (χ1v) is 6.57. The van der Waals surface area contributed by atoms with Gasteiger partial charge in [0.2, 0.25) is 5.82 Å². The van der Waals surface area contributed by atoms with Crippen molar-refractivity contribution in [3.8, 4) is 0 Å². The van der Waals surface area contributed by atoms with Crippen LogP contribution in [0.15, 0.2) is 0 Å². The summed E-state index contributed by atoms with van der Waals surface area (Å²) in [5.74, 6) is 0.803. The van der Waals surface area contributed by atoms with Gasteiger partial charge in [0, 0.05) is 12.0 Å². The molecule has 1 amide bonds. The van der Waals surface area contributed by atoms with Gasteiger partial charge in [0.15, 0.2) is 0 Å². The topological polar surface area (TPSA) is 70.7 Å². The van der Waals surface area contributed by atoms with Crippen LogP contribution in [-0.2, 0) is 5.41 Å². The first-order valence-electron chi connectivity index (χ1n) is 6.57. The number of carbonyl (C=O) groups excluding carboxylic acids is 1. The summed E-state index contributed by atoms with van der Waals surface area (Å²) in [7, 11) is 0. The number of amides is 1. The smallest absolute Gasteiger partial charge is 0.290 e. The molecule has 0 radical (unpaired) electrons. The lowest BCUT2D eigenvalue weighted by molar-refractivity contribution is 0.0934. The summed E-state index contributed by atoms with van der Waals surface area (Å²) in [6.07, 6.45) is 3.55. The van der Waals surface area contributed by atoms with Crippen molar-refractivity contribution in [2.24, 2.45) is 5.41 Å². The van der Waals surface area contributed by atoms with E-state index < -0.39 is 0 Å². The Morgan fingerprint density at radius 3 is 2.56 bits per heavy atom. The Morgan fingerprint density at radius 2 is 2.11 bits per heavy atom. The first-order chi connectivity index (χ1) is 8.36. The van der Waals surface area contributed by atoms with Gasteiger partial charge in [-0.2, -0.15) is 0 Å². The van der Waals surface area contributed by atoms with Crippen LogP contribution in [0.1, 0.15) is 63.4 Å². The van der Waals surface area contributed by atoms with Gasteiger partial charge in [-0.05, 0) is 24.7 Å². The van der Waals surface area contributed by atoms with E-state index in [1.54, 1.807) is 0 Å². The average Bonchev–Trinajstić information content (AvgIpc) is 2.90. The lowest BCUT2D eigenvalue weighted by atomic mass is 9.96. The molecule has 1 aliphatic rings. The van der Waals surface area contributed by atoms with Crippen molar-refractivity contribution in [2.45, 2.75) is 52.4 Å². The molecule has 18 heavy (non-hydrogen) atoms. The van der Waals surface area contributed by atoms with Crippen LogP contribution in [0.2, 0.25) is 0 Å². The third-order valence-corrected chi connectivity index (χ3v) is 3.73. The summed E-state index contributed by atoms with van der Waals surface area (Å²) in [4.78, 5) is 16.2. The van der Waals surface area contributed by atoms with Gasteiger partial charge in [0.05, 0.1) is 0 Å². The van der Waals surface area contributed by atoms with Crippen molar-refractivity contribution >= 4 is 5.91 Å². The predicted octanol–water partition coefficient (Wildman–Crippen LogP) is 2.02. The van der Waals surface area contributed by atoms with Gasteiger partial charge in [-0.25, -0.2) is 4.98 Å². The van der Waals surface area contributed by atoms with Gasteiger partial charge in [0.25, 0.3) is 5.91 Å². The van der Waals surface area contributed by atoms with E-state index in [1.165, 1.54) is 12.8 Å². The van der Waals surface area contributed by atoms with Crippen LogP contribution in [0.5, 0.6) is 0 Å². The van der Waals surface area contributed by atoms with Crippen LogP contribution >= 0.6 is 0 Å². The summed E-state index contributed by atoms with van der Waals surface area (Å²) >= 11 is 0. The normalized spacial score (nSPS) is 17.6. The molecule has 0 bridgehead atoms. The SMILES string of the molecule is CCC1(CNC(=O)c2n[nH]c(C(C)(C)C)n2)CC1. The highest BCUT2D eigenvalue weighted by Gasteiger charge is 2.40. The molecule has 0 aromatic carbocycles. The summed E-state index contributed by atoms with van der Waals surface area (Å²) < 4.78 is 0. The molecule has 1 aliphatic carbocycles. The molecule has 2 N–H and O–H groups in total. The second kappa shape index (κ2) is 4.37. The van der Waals surface area contributed by atoms with E-state index in [9.17, 15) is 4.79 Å². The zero-order valence-corrected chi connectivity index (χ0v) is 11.6. The van der Waals surface area contributed by atoms with Gasteiger partial charge < -0.3 is 5.32 Å². The Morgan fingerprint density at radius 1 is 1.44 bits per heavy atom. The molecule has 0 unspecified atom stereocenters. The second-order valence-electron chi connectivity index (χ2n) is 6.29. The molecule has 0 spiro atoms. The number of hydrogen-bond donors (Lipinski definition) is 2. The maximum atomic E-state index is 11.9. The molecule has 1 aromatic rings. The molecule has 1 heterocycles. The number of aromatic amines is 1. The first kappa shape index (κ1) is 13.1. The molecule has 0 saturated heterocycles. The molecule has 2 rings (SSSR count). The fourth-order valence-electron chi connectivity index (χ4n) is 1.88. The minimum atomic E-state index is -0.179. The van der Waals surface area contributed by atoms with Gasteiger partial charge >= 0.3 is 0 Å². The maximum Gasteiger partial charge on any atom is 0.290 e. The number of carbonyl (C=O) groups is 1. The summed E-state index contributed by atoms with van der Waals surface area (Å²) in [5.41, 5.74) is 0.228. The van der Waals surface area contributed by atoms with Crippen LogP contribution in [-0.4, -0.2) is 27.6 Å². The molecular weight excluding hydrogens is 228 g/mol. The molecule has 5 heteroatoms. The Hall–Kier alpha value is -1.39. The minimum absolute atomic E-state index is 0.118. The molecule has 5 nitrogen and oxygen atoms in total. The fraction of sp³-hybridized carbons (Fsp3) is 0.769. The fourth-order valence-corrected chi connectivity index (χ4v) is 1.88. The van der Waals surface area contributed by atoms with E-state index in [0.717, 1.165) is 18.8 Å². The summed E-state index contributed by atoms with van der Waals surface area (Å²) in [6.45, 7) is 9.01. The van der Waals surface area contributed by atoms with Crippen LogP contribution < -0.4 is 5.32 Å². The number of H-pyrrole nitrogens is 1. The van der Waals surface area contributed by atoms with Gasteiger partial charge in [0.1, 0.15) is 5.82 Å². The van der Waals surface area contributed by atoms with Crippen molar-refractivity contribution in [2.75, 3.05) is 6.54 Å². The van der Waals surface area contributed by atoms with Gasteiger partial charge in [-0.3, -0.25) is 9.89 Å². The third-order valence-electron chi connectivity index (χ3n) is 3.73. The van der Waals surface area contributed by atoms with E-state index in [1.807, 2.05) is 20.8 Å². The van der Waals surface area contributed by atoms with Gasteiger partial charge in [-0.1, -0.05) is 27.7 Å². The molecule has 1 saturated carbocycles. The van der Waals surface area contributed by atoms with Crippen molar-refractivity contribution in [1.29, 1.82) is 0 Å². The molecule has 1 aromatic heterocycles. The van der Waals surface area contributed by atoms with Crippen molar-refractivity contribution in [1.82, 2.24) is 20.5 Å². The van der Waals surface area contributed by atoms with Gasteiger partial charge in [-0.15, -0.1) is 5.10 Å². The average molecular weight is 250 g/mol. The minimum Gasteiger partial charge on any atom is -0.349 e. The third kappa shape index (κ3) is 2.71. The van der Waals surface area contributed by atoms with Crippen molar-refractivity contribution in [3.05, 3.63) is 11.6 Å². The maximum absolute atomic E-state index is 11.9. The monoisotopic (exact) mass is 250 g/mol. The number of aromatic nitrogens is 3. The molecular formula is C13H22N4O. The molecule has 100 valence electrons. The molecule has 1 fully saturated rings. The summed E-state index contributed by atoms with van der Waals surface area (Å²) in [5, 5.41) is 9.75. The van der Waals surface area contributed by atoms with Crippen LogP contribution in [0.4, 0.5) is 0 Å². The molecule has 0 atom stereocenters. The Bertz CT molecular complexity index is 440. The quantitative estimate of drug-likeness (QED) is 0.859. The Labute approximate surface area is 108 Å². The largest absolute Gasteiger partial charge is 0.349 e. The zero-order valence-electron chi connectivity index (χ0n) is 11.6. The standard InChI is InChI=1S/C13H22N4O/c1-5-13(6-7-13)8-14-10(18)9-15-11(17-16-9)12(2,3)4/h5-8H2,1-4H3,(H,14,18)(H,15,16,17).